The van der Waals surface area contributed by atoms with Crippen molar-refractivity contribution in [3.63, 3.8) is 0 Å². The number of nitrogens with one attached hydrogen (secondary N) is 1. The van der Waals surface area contributed by atoms with Crippen LogP contribution in [0, 0.1) is 5.92 Å². The maximum atomic E-state index is 12.1. The van der Waals surface area contributed by atoms with Crippen LogP contribution < -0.4 is 10.1 Å². The SMILES string of the molecule is CC(C)C(Cn1cncn1)NC(=O)COc1ccc(Cl)cc1Cl. The van der Waals surface area contributed by atoms with Gasteiger partial charge in [0.25, 0.3) is 5.91 Å². The highest BCUT2D eigenvalue weighted by molar-refractivity contribution is 6.35. The Bertz CT molecular complexity index is 647. The van der Waals surface area contributed by atoms with Crippen molar-refractivity contribution in [1.29, 1.82) is 0 Å². The van der Waals surface area contributed by atoms with Gasteiger partial charge in [0.05, 0.1) is 17.6 Å². The van der Waals surface area contributed by atoms with Crippen LogP contribution in [0.5, 0.6) is 5.75 Å². The average molecular weight is 357 g/mol. The fraction of sp³-hybridized carbons (Fsp3) is 0.400. The van der Waals surface area contributed by atoms with Crippen LogP contribution in [0.15, 0.2) is 30.9 Å². The van der Waals surface area contributed by atoms with Crippen molar-refractivity contribution in [2.75, 3.05) is 6.61 Å². The van der Waals surface area contributed by atoms with E-state index in [1.54, 1.807) is 29.2 Å². The summed E-state index contributed by atoms with van der Waals surface area (Å²) in [5.74, 6) is 0.431. The molecule has 1 amide bonds. The van der Waals surface area contributed by atoms with Gasteiger partial charge in [0.2, 0.25) is 0 Å². The Morgan fingerprint density at radius 3 is 2.78 bits per heavy atom. The van der Waals surface area contributed by atoms with Crippen LogP contribution in [0.2, 0.25) is 10.0 Å². The van der Waals surface area contributed by atoms with E-state index in [0.717, 1.165) is 0 Å². The van der Waals surface area contributed by atoms with Crippen molar-refractivity contribution in [2.24, 2.45) is 5.92 Å². The van der Waals surface area contributed by atoms with E-state index >= 15 is 0 Å². The van der Waals surface area contributed by atoms with E-state index in [1.807, 2.05) is 13.8 Å². The summed E-state index contributed by atoms with van der Waals surface area (Å²) in [5.41, 5.74) is 0. The third-order valence-corrected chi connectivity index (χ3v) is 3.78. The molecule has 124 valence electrons. The van der Waals surface area contributed by atoms with Crippen molar-refractivity contribution in [1.82, 2.24) is 20.1 Å². The van der Waals surface area contributed by atoms with E-state index in [-0.39, 0.29) is 24.5 Å². The highest BCUT2D eigenvalue weighted by Crippen LogP contribution is 2.27. The third kappa shape index (κ3) is 5.41. The number of benzene rings is 1. The Morgan fingerprint density at radius 1 is 1.39 bits per heavy atom. The number of rotatable bonds is 7. The second kappa shape index (κ2) is 8.17. The van der Waals surface area contributed by atoms with Gasteiger partial charge in [0.1, 0.15) is 18.4 Å². The van der Waals surface area contributed by atoms with Crippen molar-refractivity contribution in [2.45, 2.75) is 26.4 Å². The predicted molar refractivity (Wildman–Crippen MR) is 88.7 cm³/mol. The molecule has 2 aromatic rings. The van der Waals surface area contributed by atoms with Crippen molar-refractivity contribution in [3.8, 4) is 5.75 Å². The molecule has 0 radical (unpaired) electrons. The quantitative estimate of drug-likeness (QED) is 0.827. The van der Waals surface area contributed by atoms with E-state index in [2.05, 4.69) is 15.4 Å². The number of amides is 1. The molecular formula is C15H18Cl2N4O2. The van der Waals surface area contributed by atoms with Crippen LogP contribution in [0.3, 0.4) is 0 Å². The lowest BCUT2D eigenvalue weighted by molar-refractivity contribution is -0.124. The molecule has 1 aromatic heterocycles. The van der Waals surface area contributed by atoms with Gasteiger partial charge in [-0.2, -0.15) is 5.10 Å². The minimum absolute atomic E-state index is 0.0755. The smallest absolute Gasteiger partial charge is 0.258 e. The first-order chi connectivity index (χ1) is 11.0. The number of nitrogens with zero attached hydrogens (tertiary/aromatic N) is 3. The fourth-order valence-electron chi connectivity index (χ4n) is 1.94. The molecule has 8 heteroatoms. The molecule has 0 saturated heterocycles. The molecule has 0 aliphatic carbocycles. The summed E-state index contributed by atoms with van der Waals surface area (Å²) in [6.45, 7) is 4.48. The van der Waals surface area contributed by atoms with Gasteiger partial charge in [-0.1, -0.05) is 37.0 Å². The number of ether oxygens (including phenoxy) is 1. The molecule has 1 heterocycles. The Hall–Kier alpha value is -1.79. The molecule has 0 aliphatic heterocycles. The summed E-state index contributed by atoms with van der Waals surface area (Å²) in [4.78, 5) is 16.0. The van der Waals surface area contributed by atoms with Gasteiger partial charge in [-0.25, -0.2) is 4.98 Å². The molecule has 1 atom stereocenters. The first-order valence-electron chi connectivity index (χ1n) is 7.15. The maximum Gasteiger partial charge on any atom is 0.258 e. The van der Waals surface area contributed by atoms with Crippen LogP contribution in [0.25, 0.3) is 0 Å². The highest BCUT2D eigenvalue weighted by atomic mass is 35.5. The Morgan fingerprint density at radius 2 is 2.17 bits per heavy atom. The topological polar surface area (TPSA) is 69.0 Å². The van der Waals surface area contributed by atoms with Gasteiger partial charge in [-0.15, -0.1) is 0 Å². The van der Waals surface area contributed by atoms with E-state index in [9.17, 15) is 4.79 Å². The second-order valence-corrected chi connectivity index (χ2v) is 6.24. The van der Waals surface area contributed by atoms with Gasteiger partial charge >= 0.3 is 0 Å². The summed E-state index contributed by atoms with van der Waals surface area (Å²) < 4.78 is 7.11. The minimum Gasteiger partial charge on any atom is -0.482 e. The molecule has 0 aliphatic rings. The monoisotopic (exact) mass is 356 g/mol. The number of hydrogen-bond donors (Lipinski definition) is 1. The van der Waals surface area contributed by atoms with Gasteiger partial charge < -0.3 is 10.1 Å². The van der Waals surface area contributed by atoms with Gasteiger partial charge in [0, 0.05) is 5.02 Å². The lowest BCUT2D eigenvalue weighted by Gasteiger charge is -2.22. The average Bonchev–Trinajstić information content (AvgIpc) is 2.98. The third-order valence-electron chi connectivity index (χ3n) is 3.25. The van der Waals surface area contributed by atoms with Crippen molar-refractivity contribution < 1.29 is 9.53 Å². The first kappa shape index (κ1) is 17.6. The van der Waals surface area contributed by atoms with Crippen molar-refractivity contribution in [3.05, 3.63) is 40.9 Å². The number of carbonyl (C=O) groups excluding carboxylic acids is 1. The van der Waals surface area contributed by atoms with Gasteiger partial charge in [0.15, 0.2) is 6.61 Å². The number of carbonyl (C=O) groups is 1. The van der Waals surface area contributed by atoms with E-state index in [0.29, 0.717) is 22.3 Å². The Labute approximate surface area is 144 Å². The number of hydrogen-bond acceptors (Lipinski definition) is 4. The molecular weight excluding hydrogens is 339 g/mol. The molecule has 0 spiro atoms. The van der Waals surface area contributed by atoms with Crippen LogP contribution in [0.4, 0.5) is 0 Å². The lowest BCUT2D eigenvalue weighted by Crippen LogP contribution is -2.43. The summed E-state index contributed by atoms with van der Waals surface area (Å²) in [6, 6.07) is 4.78. The Kier molecular flexibility index (Phi) is 6.24. The summed E-state index contributed by atoms with van der Waals surface area (Å²) >= 11 is 11.8. The summed E-state index contributed by atoms with van der Waals surface area (Å²) in [6.07, 6.45) is 3.08. The van der Waals surface area contributed by atoms with Gasteiger partial charge in [-0.05, 0) is 24.1 Å². The zero-order valence-corrected chi connectivity index (χ0v) is 14.4. The van der Waals surface area contributed by atoms with Crippen LogP contribution in [-0.4, -0.2) is 33.3 Å². The zero-order valence-electron chi connectivity index (χ0n) is 12.9. The highest BCUT2D eigenvalue weighted by Gasteiger charge is 2.17. The van der Waals surface area contributed by atoms with Crippen LogP contribution in [-0.2, 0) is 11.3 Å². The summed E-state index contributed by atoms with van der Waals surface area (Å²) in [5, 5.41) is 7.87. The molecule has 6 nitrogen and oxygen atoms in total. The molecule has 1 unspecified atom stereocenters. The van der Waals surface area contributed by atoms with Crippen molar-refractivity contribution >= 4 is 29.1 Å². The Balaban J connectivity index is 1.89. The largest absolute Gasteiger partial charge is 0.482 e. The summed E-state index contributed by atoms with van der Waals surface area (Å²) in [7, 11) is 0. The molecule has 2 rings (SSSR count). The molecule has 23 heavy (non-hydrogen) atoms. The van der Waals surface area contributed by atoms with Gasteiger partial charge in [-0.3, -0.25) is 9.48 Å². The maximum absolute atomic E-state index is 12.1. The number of halogens is 2. The standard InChI is InChI=1S/C15H18Cl2N4O2/c1-10(2)13(6-21-9-18-8-19-21)20-15(22)7-23-14-4-3-11(16)5-12(14)17/h3-5,8-10,13H,6-7H2,1-2H3,(H,20,22). The predicted octanol–water partition coefficient (Wildman–Crippen LogP) is 2.80. The molecule has 1 aromatic carbocycles. The molecule has 1 N–H and O–H groups in total. The van der Waals surface area contributed by atoms with Crippen LogP contribution >= 0.6 is 23.2 Å². The van der Waals surface area contributed by atoms with E-state index < -0.39 is 0 Å². The molecule has 0 bridgehead atoms. The molecule has 0 fully saturated rings. The zero-order chi connectivity index (χ0) is 16.8. The van der Waals surface area contributed by atoms with Crippen LogP contribution in [0.1, 0.15) is 13.8 Å². The first-order valence-corrected chi connectivity index (χ1v) is 7.91. The fourth-order valence-corrected chi connectivity index (χ4v) is 2.40. The molecule has 0 saturated carbocycles. The minimum atomic E-state index is -0.227. The lowest BCUT2D eigenvalue weighted by atomic mass is 10.0. The van der Waals surface area contributed by atoms with E-state index in [1.165, 1.54) is 6.33 Å². The second-order valence-electron chi connectivity index (χ2n) is 5.40. The van der Waals surface area contributed by atoms with E-state index in [4.69, 9.17) is 27.9 Å². The number of aromatic nitrogens is 3. The normalized spacial score (nSPS) is 12.2.